The van der Waals surface area contributed by atoms with Crippen molar-refractivity contribution in [2.24, 2.45) is 0 Å². The fourth-order valence-electron chi connectivity index (χ4n) is 3.46. The van der Waals surface area contributed by atoms with Crippen LogP contribution in [0.25, 0.3) is 0 Å². The fourth-order valence-corrected chi connectivity index (χ4v) is 3.46. The van der Waals surface area contributed by atoms with Crippen LogP contribution in [0.5, 0.6) is 0 Å². The smallest absolute Gasteiger partial charge is 0.0990 e. The highest BCUT2D eigenvalue weighted by Gasteiger charge is 2.38. The summed E-state index contributed by atoms with van der Waals surface area (Å²) in [6, 6.07) is 7.15. The minimum atomic E-state index is -0.0459. The summed E-state index contributed by atoms with van der Waals surface area (Å²) in [4.78, 5) is 0. The van der Waals surface area contributed by atoms with Gasteiger partial charge < -0.3 is 10.1 Å². The summed E-state index contributed by atoms with van der Waals surface area (Å²) >= 11 is 0. The van der Waals surface area contributed by atoms with Crippen molar-refractivity contribution in [3.63, 3.8) is 0 Å². The third-order valence-corrected chi connectivity index (χ3v) is 4.23. The Bertz CT molecular complexity index is 446. The highest BCUT2D eigenvalue weighted by Crippen LogP contribution is 2.40. The van der Waals surface area contributed by atoms with E-state index in [1.807, 2.05) is 0 Å². The first kappa shape index (κ1) is 12.2. The van der Waals surface area contributed by atoms with Crippen molar-refractivity contribution in [3.8, 4) is 0 Å². The van der Waals surface area contributed by atoms with Gasteiger partial charge in [-0.15, -0.1) is 0 Å². The van der Waals surface area contributed by atoms with Gasteiger partial charge in [-0.2, -0.15) is 0 Å². The SMILES string of the molecule is Cc1cccc2c1[C@@H]([C@H]1CCCN1)OC(C)(C)C2. The predicted molar refractivity (Wildman–Crippen MR) is 73.8 cm³/mol. The highest BCUT2D eigenvalue weighted by molar-refractivity contribution is 5.39. The topological polar surface area (TPSA) is 21.3 Å². The van der Waals surface area contributed by atoms with Crippen LogP contribution in [0.4, 0.5) is 0 Å². The molecule has 0 bridgehead atoms. The van der Waals surface area contributed by atoms with E-state index in [9.17, 15) is 0 Å². The van der Waals surface area contributed by atoms with Gasteiger partial charge in [0.2, 0.25) is 0 Å². The normalized spacial score (nSPS) is 30.2. The van der Waals surface area contributed by atoms with Crippen molar-refractivity contribution in [1.29, 1.82) is 0 Å². The van der Waals surface area contributed by atoms with Gasteiger partial charge in [0, 0.05) is 12.5 Å². The van der Waals surface area contributed by atoms with E-state index in [-0.39, 0.29) is 11.7 Å². The number of nitrogens with one attached hydrogen (secondary N) is 1. The lowest BCUT2D eigenvalue weighted by Gasteiger charge is -2.41. The Morgan fingerprint density at radius 1 is 1.33 bits per heavy atom. The van der Waals surface area contributed by atoms with Crippen molar-refractivity contribution >= 4 is 0 Å². The van der Waals surface area contributed by atoms with Crippen LogP contribution in [0.2, 0.25) is 0 Å². The Morgan fingerprint density at radius 2 is 2.17 bits per heavy atom. The molecular formula is C16H23NO. The van der Waals surface area contributed by atoms with Crippen LogP contribution in [0, 0.1) is 6.92 Å². The molecule has 1 aromatic carbocycles. The molecule has 18 heavy (non-hydrogen) atoms. The molecule has 0 aromatic heterocycles. The summed E-state index contributed by atoms with van der Waals surface area (Å²) in [6.45, 7) is 7.76. The number of hydrogen-bond acceptors (Lipinski definition) is 2. The fraction of sp³-hybridized carbons (Fsp3) is 0.625. The molecule has 0 amide bonds. The molecule has 2 heteroatoms. The average molecular weight is 245 g/mol. The van der Waals surface area contributed by atoms with Crippen molar-refractivity contribution < 1.29 is 4.74 Å². The standard InChI is InChI=1S/C16H23NO/c1-11-6-4-7-12-10-16(2,3)18-15(14(11)12)13-8-5-9-17-13/h4,6-7,13,15,17H,5,8-10H2,1-3H3/t13-,15-/m1/s1. The van der Waals surface area contributed by atoms with E-state index in [1.165, 1.54) is 29.5 Å². The highest BCUT2D eigenvalue weighted by atomic mass is 16.5. The molecule has 1 aromatic rings. The van der Waals surface area contributed by atoms with Gasteiger partial charge >= 0.3 is 0 Å². The lowest BCUT2D eigenvalue weighted by atomic mass is 9.83. The molecule has 3 rings (SSSR count). The Morgan fingerprint density at radius 3 is 2.89 bits per heavy atom. The minimum Gasteiger partial charge on any atom is -0.366 e. The van der Waals surface area contributed by atoms with Crippen molar-refractivity contribution in [2.75, 3.05) is 6.54 Å². The second-order valence-corrected chi connectivity index (χ2v) is 6.33. The van der Waals surface area contributed by atoms with Gasteiger partial charge in [0.1, 0.15) is 0 Å². The third kappa shape index (κ3) is 2.08. The van der Waals surface area contributed by atoms with Gasteiger partial charge in [-0.25, -0.2) is 0 Å². The molecule has 2 nitrogen and oxygen atoms in total. The zero-order valence-electron chi connectivity index (χ0n) is 11.6. The number of hydrogen-bond donors (Lipinski definition) is 1. The van der Waals surface area contributed by atoms with Gasteiger partial charge in [0.15, 0.2) is 0 Å². The molecule has 1 saturated heterocycles. The van der Waals surface area contributed by atoms with Crippen LogP contribution in [0.3, 0.4) is 0 Å². The molecule has 2 heterocycles. The molecule has 2 aliphatic rings. The van der Waals surface area contributed by atoms with Crippen molar-refractivity contribution in [1.82, 2.24) is 5.32 Å². The second kappa shape index (κ2) is 4.36. The molecule has 0 radical (unpaired) electrons. The van der Waals surface area contributed by atoms with E-state index < -0.39 is 0 Å². The van der Waals surface area contributed by atoms with Crippen LogP contribution in [0.15, 0.2) is 18.2 Å². The molecule has 98 valence electrons. The summed E-state index contributed by atoms with van der Waals surface area (Å²) in [5, 5.41) is 3.61. The van der Waals surface area contributed by atoms with Crippen LogP contribution in [-0.4, -0.2) is 18.2 Å². The maximum absolute atomic E-state index is 6.40. The Labute approximate surface area is 110 Å². The molecule has 0 unspecified atom stereocenters. The first-order chi connectivity index (χ1) is 8.57. The number of ether oxygens (including phenoxy) is 1. The van der Waals surface area contributed by atoms with E-state index in [4.69, 9.17) is 4.74 Å². The maximum atomic E-state index is 6.40. The molecule has 0 saturated carbocycles. The van der Waals surface area contributed by atoms with Gasteiger partial charge in [0.25, 0.3) is 0 Å². The van der Waals surface area contributed by atoms with Crippen molar-refractivity contribution in [2.45, 2.75) is 57.8 Å². The molecule has 1 N–H and O–H groups in total. The minimum absolute atomic E-state index is 0.0459. The van der Waals surface area contributed by atoms with E-state index in [0.717, 1.165) is 13.0 Å². The lowest BCUT2D eigenvalue weighted by molar-refractivity contribution is -0.0972. The van der Waals surface area contributed by atoms with Crippen LogP contribution in [0.1, 0.15) is 49.5 Å². The number of aryl methyl sites for hydroxylation is 1. The molecule has 0 aliphatic carbocycles. The largest absolute Gasteiger partial charge is 0.366 e. The summed E-state index contributed by atoms with van der Waals surface area (Å²) < 4.78 is 6.40. The average Bonchev–Trinajstić information content (AvgIpc) is 2.79. The Hall–Kier alpha value is -0.860. The molecule has 2 aliphatic heterocycles. The molecule has 2 atom stereocenters. The Balaban J connectivity index is 2.03. The quantitative estimate of drug-likeness (QED) is 0.820. The van der Waals surface area contributed by atoms with E-state index >= 15 is 0 Å². The number of benzene rings is 1. The Kier molecular flexibility index (Phi) is 2.95. The van der Waals surface area contributed by atoms with E-state index in [0.29, 0.717) is 6.04 Å². The summed E-state index contributed by atoms with van der Waals surface area (Å²) in [6.07, 6.45) is 3.75. The zero-order valence-corrected chi connectivity index (χ0v) is 11.6. The first-order valence-corrected chi connectivity index (χ1v) is 7.06. The van der Waals surface area contributed by atoms with E-state index in [1.54, 1.807) is 0 Å². The molecule has 0 spiro atoms. The van der Waals surface area contributed by atoms with Gasteiger partial charge in [-0.3, -0.25) is 0 Å². The van der Waals surface area contributed by atoms with Crippen molar-refractivity contribution in [3.05, 3.63) is 34.9 Å². The van der Waals surface area contributed by atoms with Gasteiger partial charge in [-0.05, 0) is 56.8 Å². The van der Waals surface area contributed by atoms with Crippen LogP contribution >= 0.6 is 0 Å². The van der Waals surface area contributed by atoms with Crippen LogP contribution < -0.4 is 5.32 Å². The number of fused-ring (bicyclic) bond motifs is 1. The molecule has 1 fully saturated rings. The van der Waals surface area contributed by atoms with Gasteiger partial charge in [0.05, 0.1) is 11.7 Å². The van der Waals surface area contributed by atoms with Crippen LogP contribution in [-0.2, 0) is 11.2 Å². The first-order valence-electron chi connectivity index (χ1n) is 7.06. The summed E-state index contributed by atoms with van der Waals surface area (Å²) in [7, 11) is 0. The second-order valence-electron chi connectivity index (χ2n) is 6.33. The number of rotatable bonds is 1. The monoisotopic (exact) mass is 245 g/mol. The van der Waals surface area contributed by atoms with E-state index in [2.05, 4.69) is 44.3 Å². The third-order valence-electron chi connectivity index (χ3n) is 4.23. The summed E-state index contributed by atoms with van der Waals surface area (Å²) in [5.74, 6) is 0. The van der Waals surface area contributed by atoms with Gasteiger partial charge in [-0.1, -0.05) is 18.2 Å². The zero-order chi connectivity index (χ0) is 12.8. The predicted octanol–water partition coefficient (Wildman–Crippen LogP) is 3.14. The maximum Gasteiger partial charge on any atom is 0.0990 e. The lowest BCUT2D eigenvalue weighted by Crippen LogP contribution is -2.42. The summed E-state index contributed by atoms with van der Waals surface area (Å²) in [5.41, 5.74) is 4.25. The molecular weight excluding hydrogens is 222 g/mol.